The van der Waals surface area contributed by atoms with Crippen molar-refractivity contribution in [1.82, 2.24) is 4.98 Å². The summed E-state index contributed by atoms with van der Waals surface area (Å²) in [4.78, 5) is 30.9. The van der Waals surface area contributed by atoms with Crippen LogP contribution >= 0.6 is 11.3 Å². The quantitative estimate of drug-likeness (QED) is 0.280. The zero-order valence-corrected chi connectivity index (χ0v) is 19.4. The first-order valence-corrected chi connectivity index (χ1v) is 11.7. The third-order valence-electron chi connectivity index (χ3n) is 5.59. The number of halogens is 1. The van der Waals surface area contributed by atoms with Crippen molar-refractivity contribution < 1.29 is 18.7 Å². The summed E-state index contributed by atoms with van der Waals surface area (Å²) in [5, 5.41) is 5.68. The van der Waals surface area contributed by atoms with Crippen LogP contribution < -0.4 is 5.32 Å². The standard InChI is InChI=1S/C28H19FN2O3S/c1-34-28(33)25-22(17-11-13-19(29)14-12-17)16-35-27(25)31-26(32)21-15-24(18-7-3-2-4-8-18)30-23-10-6-5-9-20(21)23/h2-16H,1H3,(H,31,32). The van der Waals surface area contributed by atoms with Crippen molar-refractivity contribution in [3.8, 4) is 22.4 Å². The highest BCUT2D eigenvalue weighted by Crippen LogP contribution is 2.37. The molecule has 0 aliphatic rings. The number of hydrogen-bond acceptors (Lipinski definition) is 5. The Bertz CT molecular complexity index is 1550. The molecule has 0 unspecified atom stereocenters. The van der Waals surface area contributed by atoms with Crippen LogP contribution in [0.3, 0.4) is 0 Å². The molecule has 1 amide bonds. The van der Waals surface area contributed by atoms with E-state index in [-0.39, 0.29) is 17.3 Å². The number of carbonyl (C=O) groups excluding carboxylic acids is 2. The van der Waals surface area contributed by atoms with Crippen LogP contribution in [0.5, 0.6) is 0 Å². The molecule has 0 saturated heterocycles. The Morgan fingerprint density at radius 3 is 2.37 bits per heavy atom. The van der Waals surface area contributed by atoms with Gasteiger partial charge in [0.05, 0.1) is 23.9 Å². The Hall–Kier alpha value is -4.36. The second kappa shape index (κ2) is 9.48. The number of nitrogens with zero attached hydrogens (tertiary/aromatic N) is 1. The van der Waals surface area contributed by atoms with Crippen LogP contribution in [0.1, 0.15) is 20.7 Å². The summed E-state index contributed by atoms with van der Waals surface area (Å²) in [5.74, 6) is -1.35. The average Bonchev–Trinajstić information content (AvgIpc) is 3.31. The number of ether oxygens (including phenoxy) is 1. The second-order valence-corrected chi connectivity index (χ2v) is 8.62. The molecule has 0 spiro atoms. The molecule has 0 atom stereocenters. The molecule has 35 heavy (non-hydrogen) atoms. The monoisotopic (exact) mass is 482 g/mol. The van der Waals surface area contributed by atoms with Crippen molar-refractivity contribution in [2.24, 2.45) is 0 Å². The summed E-state index contributed by atoms with van der Waals surface area (Å²) < 4.78 is 18.4. The molecule has 0 aliphatic heterocycles. The van der Waals surface area contributed by atoms with Gasteiger partial charge < -0.3 is 10.1 Å². The number of benzene rings is 3. The fourth-order valence-corrected chi connectivity index (χ4v) is 4.84. The molecule has 5 nitrogen and oxygen atoms in total. The van der Waals surface area contributed by atoms with Gasteiger partial charge in [0.25, 0.3) is 5.91 Å². The minimum atomic E-state index is -0.592. The Kier molecular flexibility index (Phi) is 6.08. The number of aromatic nitrogens is 1. The number of anilines is 1. The summed E-state index contributed by atoms with van der Waals surface area (Å²) in [5.41, 5.74) is 4.09. The lowest BCUT2D eigenvalue weighted by Crippen LogP contribution is -2.15. The first kappa shape index (κ1) is 22.4. The largest absolute Gasteiger partial charge is 0.465 e. The Labute approximate surface area is 204 Å². The lowest BCUT2D eigenvalue weighted by atomic mass is 10.0. The predicted octanol–water partition coefficient (Wildman–Crippen LogP) is 6.81. The second-order valence-electron chi connectivity index (χ2n) is 7.74. The number of thiophene rings is 1. The normalized spacial score (nSPS) is 10.8. The number of pyridine rings is 1. The minimum Gasteiger partial charge on any atom is -0.465 e. The van der Waals surface area contributed by atoms with Crippen molar-refractivity contribution in [1.29, 1.82) is 0 Å². The highest BCUT2D eigenvalue weighted by molar-refractivity contribution is 7.15. The van der Waals surface area contributed by atoms with Gasteiger partial charge in [0, 0.05) is 21.9 Å². The molecule has 0 radical (unpaired) electrons. The molecule has 0 bridgehead atoms. The molecule has 2 heterocycles. The molecule has 7 heteroatoms. The number of rotatable bonds is 5. The molecular formula is C28H19FN2O3S. The Morgan fingerprint density at radius 1 is 0.914 bits per heavy atom. The van der Waals surface area contributed by atoms with Gasteiger partial charge in [0.15, 0.2) is 0 Å². The maximum atomic E-state index is 13.5. The van der Waals surface area contributed by atoms with Gasteiger partial charge in [0.2, 0.25) is 0 Å². The van der Waals surface area contributed by atoms with Crippen LogP contribution in [0, 0.1) is 5.82 Å². The molecule has 0 fully saturated rings. The highest BCUT2D eigenvalue weighted by atomic mass is 32.1. The number of esters is 1. The topological polar surface area (TPSA) is 68.3 Å². The van der Waals surface area contributed by atoms with E-state index in [2.05, 4.69) is 5.32 Å². The van der Waals surface area contributed by atoms with E-state index in [1.54, 1.807) is 23.6 Å². The van der Waals surface area contributed by atoms with Gasteiger partial charge in [-0.3, -0.25) is 4.79 Å². The van der Waals surface area contributed by atoms with Gasteiger partial charge >= 0.3 is 5.97 Å². The van der Waals surface area contributed by atoms with Crippen LogP contribution in [-0.2, 0) is 4.74 Å². The zero-order chi connectivity index (χ0) is 24.4. The van der Waals surface area contributed by atoms with E-state index in [4.69, 9.17) is 9.72 Å². The SMILES string of the molecule is COC(=O)c1c(-c2ccc(F)cc2)csc1NC(=O)c1cc(-c2ccccc2)nc2ccccc12. The lowest BCUT2D eigenvalue weighted by Gasteiger charge is -2.11. The van der Waals surface area contributed by atoms with E-state index in [0.717, 1.165) is 5.56 Å². The van der Waals surface area contributed by atoms with Gasteiger partial charge in [-0.25, -0.2) is 14.2 Å². The average molecular weight is 483 g/mol. The van der Waals surface area contributed by atoms with Crippen LogP contribution in [0.25, 0.3) is 33.3 Å². The number of fused-ring (bicyclic) bond motifs is 1. The summed E-state index contributed by atoms with van der Waals surface area (Å²) in [6.07, 6.45) is 0. The van der Waals surface area contributed by atoms with Crippen molar-refractivity contribution in [3.05, 3.63) is 107 Å². The first-order chi connectivity index (χ1) is 17.0. The third kappa shape index (κ3) is 4.41. The van der Waals surface area contributed by atoms with Crippen molar-refractivity contribution >= 4 is 39.1 Å². The fraction of sp³-hybridized carbons (Fsp3) is 0.0357. The van der Waals surface area contributed by atoms with Gasteiger partial charge in [-0.05, 0) is 29.8 Å². The minimum absolute atomic E-state index is 0.221. The van der Waals surface area contributed by atoms with E-state index in [1.165, 1.54) is 30.6 Å². The Balaban J connectivity index is 1.58. The maximum Gasteiger partial charge on any atom is 0.341 e. The molecule has 1 N–H and O–H groups in total. The van der Waals surface area contributed by atoms with Gasteiger partial charge in [0.1, 0.15) is 16.4 Å². The summed E-state index contributed by atoms with van der Waals surface area (Å²) in [7, 11) is 1.28. The fourth-order valence-electron chi connectivity index (χ4n) is 3.89. The zero-order valence-electron chi connectivity index (χ0n) is 18.6. The molecule has 2 aromatic heterocycles. The third-order valence-corrected chi connectivity index (χ3v) is 6.49. The van der Waals surface area contributed by atoms with Crippen molar-refractivity contribution in [3.63, 3.8) is 0 Å². The number of nitrogens with one attached hydrogen (secondary N) is 1. The first-order valence-electron chi connectivity index (χ1n) is 10.8. The van der Waals surface area contributed by atoms with Crippen molar-refractivity contribution in [2.45, 2.75) is 0 Å². The number of para-hydroxylation sites is 1. The maximum absolute atomic E-state index is 13.5. The van der Waals surface area contributed by atoms with E-state index < -0.39 is 5.97 Å². The highest BCUT2D eigenvalue weighted by Gasteiger charge is 2.24. The van der Waals surface area contributed by atoms with Gasteiger partial charge in [-0.2, -0.15) is 0 Å². The number of amides is 1. The number of hydrogen-bond donors (Lipinski definition) is 1. The van der Waals surface area contributed by atoms with Crippen LogP contribution in [-0.4, -0.2) is 24.0 Å². The van der Waals surface area contributed by atoms with E-state index >= 15 is 0 Å². The molecule has 0 aliphatic carbocycles. The predicted molar refractivity (Wildman–Crippen MR) is 136 cm³/mol. The van der Waals surface area contributed by atoms with Crippen molar-refractivity contribution in [2.75, 3.05) is 12.4 Å². The van der Waals surface area contributed by atoms with E-state index in [1.807, 2.05) is 54.6 Å². The Morgan fingerprint density at radius 2 is 1.63 bits per heavy atom. The summed E-state index contributed by atoms with van der Waals surface area (Å²) in [6.45, 7) is 0. The smallest absolute Gasteiger partial charge is 0.341 e. The van der Waals surface area contributed by atoms with Crippen LogP contribution in [0.15, 0.2) is 90.3 Å². The van der Waals surface area contributed by atoms with Crippen LogP contribution in [0.4, 0.5) is 9.39 Å². The molecule has 0 saturated carbocycles. The summed E-state index contributed by atoms with van der Waals surface area (Å²) in [6, 6.07) is 24.6. The molecule has 172 valence electrons. The van der Waals surface area contributed by atoms with Crippen LogP contribution in [0.2, 0.25) is 0 Å². The van der Waals surface area contributed by atoms with E-state index in [9.17, 15) is 14.0 Å². The molecule has 3 aromatic carbocycles. The van der Waals surface area contributed by atoms with E-state index in [0.29, 0.717) is 38.3 Å². The molecule has 5 aromatic rings. The number of carbonyl (C=O) groups is 2. The molecule has 5 rings (SSSR count). The molecular weight excluding hydrogens is 463 g/mol. The van der Waals surface area contributed by atoms with Gasteiger partial charge in [-0.1, -0.05) is 60.7 Å². The van der Waals surface area contributed by atoms with Gasteiger partial charge in [-0.15, -0.1) is 11.3 Å². The summed E-state index contributed by atoms with van der Waals surface area (Å²) >= 11 is 1.21. The number of methoxy groups -OCH3 is 1. The lowest BCUT2D eigenvalue weighted by molar-refractivity contribution is 0.0603.